The van der Waals surface area contributed by atoms with Crippen molar-refractivity contribution in [1.82, 2.24) is 0 Å². The predicted molar refractivity (Wildman–Crippen MR) is 255 cm³/mol. The fourth-order valence-corrected chi connectivity index (χ4v) is 10.6. The summed E-state index contributed by atoms with van der Waals surface area (Å²) in [6.07, 6.45) is 2.35. The summed E-state index contributed by atoms with van der Waals surface area (Å²) in [5, 5.41) is 21.4. The van der Waals surface area contributed by atoms with E-state index in [1.54, 1.807) is 71.1 Å². The lowest BCUT2D eigenvalue weighted by molar-refractivity contribution is -0.935. The Morgan fingerprint density at radius 3 is 1.01 bits per heavy atom. The van der Waals surface area contributed by atoms with E-state index in [4.69, 9.17) is 47.4 Å². The van der Waals surface area contributed by atoms with E-state index in [2.05, 4.69) is 14.1 Å². The lowest BCUT2D eigenvalue weighted by Gasteiger charge is -2.46. The van der Waals surface area contributed by atoms with Crippen LogP contribution in [0.3, 0.4) is 0 Å². The van der Waals surface area contributed by atoms with Gasteiger partial charge in [0.15, 0.2) is 46.0 Å². The summed E-state index contributed by atoms with van der Waals surface area (Å²) in [6.45, 7) is 2.45. The Morgan fingerprint density at radius 2 is 0.750 bits per heavy atom. The number of hydrogen-bond donors (Lipinski definition) is 2. The molecule has 0 spiro atoms. The summed E-state index contributed by atoms with van der Waals surface area (Å²) in [7, 11) is 20.2. The summed E-state index contributed by atoms with van der Waals surface area (Å²) in [6, 6.07) is 15.3. The zero-order valence-electron chi connectivity index (χ0n) is 41.5. The number of likely N-dealkylation sites (N-methyl/N-ethyl adjacent to an activating group) is 2. The van der Waals surface area contributed by atoms with Gasteiger partial charge in [-0.25, -0.2) is 9.59 Å². The van der Waals surface area contributed by atoms with Crippen LogP contribution >= 0.6 is 0 Å². The second-order valence-electron chi connectivity index (χ2n) is 17.7. The van der Waals surface area contributed by atoms with Crippen molar-refractivity contribution in [2.75, 3.05) is 111 Å². The standard InChI is InChI=1S/C52H66N2O14/c1-53(21-17-31-23-39(59-3)41(61-5)29-37(31)47(53)33-25-43(63-7)49(67-11)44(26-33)64-8)19-13-15-35(51(55)56)36(52(57)58)16-14-20-54(2)22-18-32-24-40(60-4)42(62-6)30-38(32)48(54)34-27-45(65-9)50(68-12)46(28-34)66-10/h23-30,47-48H,13-22H2,1-12H3/p+2/t47-,48-,53+,54+/m1/s1. The summed E-state index contributed by atoms with van der Waals surface area (Å²) < 4.78 is 58.4. The maximum atomic E-state index is 13.1. The Morgan fingerprint density at radius 1 is 0.456 bits per heavy atom. The van der Waals surface area contributed by atoms with Crippen LogP contribution in [-0.4, -0.2) is 142 Å². The molecule has 2 heterocycles. The summed E-state index contributed by atoms with van der Waals surface area (Å²) in [5.74, 6) is 2.88. The average molecular weight is 945 g/mol. The number of benzene rings is 4. The summed E-state index contributed by atoms with van der Waals surface area (Å²) in [4.78, 5) is 26.3. The first-order valence-corrected chi connectivity index (χ1v) is 22.6. The van der Waals surface area contributed by atoms with Crippen LogP contribution < -0.4 is 47.4 Å². The van der Waals surface area contributed by atoms with Gasteiger partial charge in [0.2, 0.25) is 11.5 Å². The molecule has 68 heavy (non-hydrogen) atoms. The van der Waals surface area contributed by atoms with Gasteiger partial charge in [0.1, 0.15) is 12.1 Å². The summed E-state index contributed by atoms with van der Waals surface area (Å²) >= 11 is 0. The van der Waals surface area contributed by atoms with E-state index >= 15 is 0 Å². The number of rotatable bonds is 22. The molecule has 0 unspecified atom stereocenters. The van der Waals surface area contributed by atoms with E-state index in [0.717, 1.165) is 33.4 Å². The third-order valence-electron chi connectivity index (χ3n) is 14.0. The quantitative estimate of drug-likeness (QED) is 0.0582. The Hall–Kier alpha value is -6.52. The lowest BCUT2D eigenvalue weighted by atomic mass is 9.85. The first-order valence-electron chi connectivity index (χ1n) is 22.6. The minimum atomic E-state index is -1.24. The van der Waals surface area contributed by atoms with Crippen molar-refractivity contribution < 1.29 is 76.1 Å². The van der Waals surface area contributed by atoms with E-state index < -0.39 is 11.9 Å². The van der Waals surface area contributed by atoms with Gasteiger partial charge in [-0.3, -0.25) is 0 Å². The number of ether oxygens (including phenoxy) is 10. The molecule has 0 aliphatic carbocycles. The zero-order chi connectivity index (χ0) is 49.5. The van der Waals surface area contributed by atoms with Crippen molar-refractivity contribution in [3.63, 3.8) is 0 Å². The van der Waals surface area contributed by atoms with Crippen LogP contribution in [-0.2, 0) is 22.4 Å². The van der Waals surface area contributed by atoms with Crippen LogP contribution in [0.2, 0.25) is 0 Å². The van der Waals surface area contributed by atoms with Gasteiger partial charge in [-0.05, 0) is 72.5 Å². The SMILES string of the molecule is COc1cc2c(cc1OC)[C@@H](c1cc(OC)c(OC)c(OC)c1)[N@@+](C)(CCCC(C(=O)O)=C(CCC[N@@+]1(C)CCc3cc(OC)c(OC)cc3[C@H]1c1cc(OC)c(OC)c(OC)c1)C(=O)O)CC2. The number of carboxylic acid groups (broad SMARTS) is 2. The highest BCUT2D eigenvalue weighted by Gasteiger charge is 2.44. The number of methoxy groups -OCH3 is 10. The first kappa shape index (κ1) is 50.9. The molecule has 0 radical (unpaired) electrons. The van der Waals surface area contributed by atoms with Crippen LogP contribution in [0.15, 0.2) is 59.7 Å². The second kappa shape index (κ2) is 21.6. The van der Waals surface area contributed by atoms with Crippen molar-refractivity contribution in [3.05, 3.63) is 93.1 Å². The highest BCUT2D eigenvalue weighted by molar-refractivity contribution is 5.98. The number of carboxylic acids is 2. The molecule has 4 aromatic rings. The fraction of sp³-hybridized carbons (Fsp3) is 0.462. The van der Waals surface area contributed by atoms with E-state index in [1.165, 1.54) is 0 Å². The molecule has 0 amide bonds. The van der Waals surface area contributed by atoms with Gasteiger partial charge < -0.3 is 66.5 Å². The van der Waals surface area contributed by atoms with Gasteiger partial charge in [0.05, 0.1) is 111 Å². The van der Waals surface area contributed by atoms with Crippen molar-refractivity contribution in [2.24, 2.45) is 0 Å². The fourth-order valence-electron chi connectivity index (χ4n) is 10.6. The van der Waals surface area contributed by atoms with Crippen LogP contribution in [0, 0.1) is 0 Å². The normalized spacial score (nSPS) is 19.9. The Bertz CT molecular complexity index is 2300. The van der Waals surface area contributed by atoms with Gasteiger partial charge in [-0.15, -0.1) is 0 Å². The number of nitrogens with zero attached hydrogens (tertiary/aromatic N) is 2. The van der Waals surface area contributed by atoms with E-state index in [9.17, 15) is 19.8 Å². The molecule has 2 aliphatic heterocycles. The predicted octanol–water partition coefficient (Wildman–Crippen LogP) is 7.68. The van der Waals surface area contributed by atoms with Gasteiger partial charge in [-0.1, -0.05) is 0 Å². The maximum absolute atomic E-state index is 13.1. The topological polar surface area (TPSA) is 167 Å². The van der Waals surface area contributed by atoms with Crippen LogP contribution in [0.5, 0.6) is 57.5 Å². The number of aliphatic carboxylic acids is 2. The Labute approximate surface area is 399 Å². The van der Waals surface area contributed by atoms with Crippen molar-refractivity contribution in [1.29, 1.82) is 0 Å². The molecular formula is C52H68N2O14+2. The number of hydrogen-bond acceptors (Lipinski definition) is 12. The third kappa shape index (κ3) is 9.88. The van der Waals surface area contributed by atoms with Crippen LogP contribution in [0.1, 0.15) is 71.1 Å². The van der Waals surface area contributed by atoms with Crippen LogP contribution in [0.25, 0.3) is 0 Å². The zero-order valence-corrected chi connectivity index (χ0v) is 41.5. The minimum absolute atomic E-state index is 0.0563. The smallest absolute Gasteiger partial charge is 0.332 e. The van der Waals surface area contributed by atoms with Gasteiger partial charge >= 0.3 is 11.9 Å². The average Bonchev–Trinajstić information content (AvgIpc) is 3.34. The van der Waals surface area contributed by atoms with Crippen LogP contribution in [0.4, 0.5) is 0 Å². The minimum Gasteiger partial charge on any atom is -0.493 e. The Balaban J connectivity index is 1.32. The van der Waals surface area contributed by atoms with Crippen molar-refractivity contribution >= 4 is 11.9 Å². The molecular weight excluding hydrogens is 877 g/mol. The van der Waals surface area contributed by atoms with Gasteiger partial charge in [0.25, 0.3) is 0 Å². The third-order valence-corrected chi connectivity index (χ3v) is 14.0. The first-order chi connectivity index (χ1) is 32.6. The summed E-state index contributed by atoms with van der Waals surface area (Å²) in [5.41, 5.74) is 5.83. The van der Waals surface area contributed by atoms with E-state index in [-0.39, 0.29) is 36.1 Å². The second-order valence-corrected chi connectivity index (χ2v) is 17.7. The largest absolute Gasteiger partial charge is 0.493 e. The molecule has 2 N–H and O–H groups in total. The molecule has 4 atom stereocenters. The molecule has 6 rings (SSSR count). The molecule has 0 bridgehead atoms. The molecule has 16 heteroatoms. The molecule has 2 aliphatic rings. The molecule has 0 saturated heterocycles. The Kier molecular flexibility index (Phi) is 16.2. The monoisotopic (exact) mass is 944 g/mol. The molecule has 0 fully saturated rings. The van der Waals surface area contributed by atoms with Gasteiger partial charge in [0, 0.05) is 59.1 Å². The molecule has 368 valence electrons. The lowest BCUT2D eigenvalue weighted by Crippen LogP contribution is -2.52. The highest BCUT2D eigenvalue weighted by Crippen LogP contribution is 2.50. The maximum Gasteiger partial charge on any atom is 0.332 e. The number of quaternary nitrogens is 2. The number of fused-ring (bicyclic) bond motifs is 2. The number of carbonyl (C=O) groups is 2. The van der Waals surface area contributed by atoms with E-state index in [1.807, 2.05) is 48.5 Å². The molecule has 0 saturated carbocycles. The van der Waals surface area contributed by atoms with Crippen molar-refractivity contribution in [3.8, 4) is 57.5 Å². The van der Waals surface area contributed by atoms with E-state index in [0.29, 0.717) is 118 Å². The molecule has 0 aromatic heterocycles. The molecule has 16 nitrogen and oxygen atoms in total. The van der Waals surface area contributed by atoms with Gasteiger partial charge in [-0.2, -0.15) is 0 Å². The highest BCUT2D eigenvalue weighted by atomic mass is 16.5. The van der Waals surface area contributed by atoms with Crippen molar-refractivity contribution in [2.45, 2.75) is 50.6 Å². The molecule has 4 aromatic carbocycles.